The molecule has 3 atom stereocenters. The van der Waals surface area contributed by atoms with Crippen molar-refractivity contribution in [3.8, 4) is 5.75 Å². The summed E-state index contributed by atoms with van der Waals surface area (Å²) in [6, 6.07) is 6.20. The van der Waals surface area contributed by atoms with Crippen LogP contribution in [0.4, 0.5) is 13.2 Å². The zero-order valence-electron chi connectivity index (χ0n) is 12.2. The Morgan fingerprint density at radius 3 is 2.38 bits per heavy atom. The fourth-order valence-electron chi connectivity index (χ4n) is 3.25. The molecule has 3 unspecified atom stereocenters. The molecule has 2 rings (SSSR count). The van der Waals surface area contributed by atoms with Crippen molar-refractivity contribution in [1.29, 1.82) is 0 Å². The van der Waals surface area contributed by atoms with Crippen molar-refractivity contribution >= 4 is 0 Å². The molecule has 0 amide bonds. The van der Waals surface area contributed by atoms with E-state index >= 15 is 0 Å². The van der Waals surface area contributed by atoms with Crippen LogP contribution in [0, 0.1) is 17.8 Å². The fraction of sp³-hybridized carbons (Fsp3) is 0.625. The maximum Gasteiger partial charge on any atom is 0.573 e. The van der Waals surface area contributed by atoms with Crippen LogP contribution >= 0.6 is 0 Å². The third-order valence-electron chi connectivity index (χ3n) is 4.36. The first-order valence-corrected chi connectivity index (χ1v) is 7.42. The van der Waals surface area contributed by atoms with E-state index in [-0.39, 0.29) is 5.75 Å². The summed E-state index contributed by atoms with van der Waals surface area (Å²) in [5.74, 6) is 1.57. The van der Waals surface area contributed by atoms with E-state index in [0.29, 0.717) is 24.3 Å². The van der Waals surface area contributed by atoms with Gasteiger partial charge in [-0.3, -0.25) is 0 Å². The minimum atomic E-state index is -4.63. The van der Waals surface area contributed by atoms with Crippen LogP contribution in [0.1, 0.15) is 31.7 Å². The maximum atomic E-state index is 12.1. The third kappa shape index (κ3) is 4.92. The highest BCUT2D eigenvalue weighted by Gasteiger charge is 2.31. The molecule has 0 saturated heterocycles. The molecular weight excluding hydrogens is 279 g/mol. The number of alkyl halides is 3. The second-order valence-electron chi connectivity index (χ2n) is 6.07. The zero-order chi connectivity index (χ0) is 15.5. The van der Waals surface area contributed by atoms with Gasteiger partial charge in [-0.15, -0.1) is 13.2 Å². The molecule has 1 aromatic rings. The molecule has 5 heteroatoms. The Bertz CT molecular complexity index is 444. The molecule has 1 saturated carbocycles. The van der Waals surface area contributed by atoms with Crippen molar-refractivity contribution in [1.82, 2.24) is 0 Å². The van der Waals surface area contributed by atoms with Crippen molar-refractivity contribution < 1.29 is 17.9 Å². The van der Waals surface area contributed by atoms with Crippen molar-refractivity contribution in [3.63, 3.8) is 0 Å². The minimum Gasteiger partial charge on any atom is -0.406 e. The second kappa shape index (κ2) is 6.69. The van der Waals surface area contributed by atoms with Gasteiger partial charge < -0.3 is 10.5 Å². The third-order valence-corrected chi connectivity index (χ3v) is 4.36. The molecule has 2 nitrogen and oxygen atoms in total. The van der Waals surface area contributed by atoms with E-state index in [4.69, 9.17) is 5.73 Å². The lowest BCUT2D eigenvalue weighted by molar-refractivity contribution is -0.274. The van der Waals surface area contributed by atoms with Gasteiger partial charge in [0.2, 0.25) is 0 Å². The minimum absolute atomic E-state index is 0.168. The van der Waals surface area contributed by atoms with Crippen LogP contribution in [0.15, 0.2) is 24.3 Å². The van der Waals surface area contributed by atoms with Gasteiger partial charge in [0.1, 0.15) is 5.75 Å². The Morgan fingerprint density at radius 2 is 1.81 bits per heavy atom. The summed E-state index contributed by atoms with van der Waals surface area (Å²) >= 11 is 0. The molecule has 1 aliphatic rings. The van der Waals surface area contributed by atoms with Gasteiger partial charge in [0.05, 0.1) is 0 Å². The molecule has 1 fully saturated rings. The number of rotatable bonds is 4. The quantitative estimate of drug-likeness (QED) is 0.907. The topological polar surface area (TPSA) is 35.2 Å². The molecule has 0 radical (unpaired) electrons. The predicted octanol–water partition coefficient (Wildman–Crippen LogP) is 4.14. The van der Waals surface area contributed by atoms with Gasteiger partial charge in [-0.25, -0.2) is 0 Å². The molecule has 1 aromatic carbocycles. The van der Waals surface area contributed by atoms with E-state index in [1.807, 2.05) is 0 Å². The number of hydrogen-bond donors (Lipinski definition) is 1. The lowest BCUT2D eigenvalue weighted by atomic mass is 9.72. The average Bonchev–Trinajstić information content (AvgIpc) is 2.40. The Labute approximate surface area is 123 Å². The highest BCUT2D eigenvalue weighted by molar-refractivity contribution is 5.27. The molecule has 2 N–H and O–H groups in total. The molecule has 0 heterocycles. The standard InChI is InChI=1S/C16H22F3NO/c1-11-2-5-13(10-20)14(8-11)9-12-3-6-15(7-4-12)21-16(17,18)19/h3-4,6-7,11,13-14H,2,5,8-10,20H2,1H3. The van der Waals surface area contributed by atoms with Crippen molar-refractivity contribution in [3.05, 3.63) is 29.8 Å². The predicted molar refractivity (Wildman–Crippen MR) is 75.9 cm³/mol. The molecule has 0 spiro atoms. The Morgan fingerprint density at radius 1 is 1.14 bits per heavy atom. The van der Waals surface area contributed by atoms with Crippen molar-refractivity contribution in [2.45, 2.75) is 39.0 Å². The van der Waals surface area contributed by atoms with E-state index in [9.17, 15) is 13.2 Å². The van der Waals surface area contributed by atoms with Gasteiger partial charge in [-0.05, 0) is 61.3 Å². The molecule has 118 valence electrons. The van der Waals surface area contributed by atoms with Crippen LogP contribution in [-0.4, -0.2) is 12.9 Å². The summed E-state index contributed by atoms with van der Waals surface area (Å²) in [7, 11) is 0. The maximum absolute atomic E-state index is 12.1. The Kier molecular flexibility index (Phi) is 5.14. The van der Waals surface area contributed by atoms with E-state index in [1.165, 1.54) is 18.6 Å². The monoisotopic (exact) mass is 301 g/mol. The first kappa shape index (κ1) is 16.1. The summed E-state index contributed by atoms with van der Waals surface area (Å²) in [6.45, 7) is 2.94. The number of ether oxygens (including phenoxy) is 1. The van der Waals surface area contributed by atoms with Crippen LogP contribution in [-0.2, 0) is 6.42 Å². The normalized spacial score (nSPS) is 26.6. The summed E-state index contributed by atoms with van der Waals surface area (Å²) < 4.78 is 40.2. The second-order valence-corrected chi connectivity index (χ2v) is 6.07. The summed E-state index contributed by atoms with van der Waals surface area (Å²) in [6.07, 6.45) is -0.250. The average molecular weight is 301 g/mol. The molecule has 0 bridgehead atoms. The van der Waals surface area contributed by atoms with Gasteiger partial charge in [-0.1, -0.05) is 25.5 Å². The van der Waals surface area contributed by atoms with Gasteiger partial charge in [0.15, 0.2) is 0 Å². The summed E-state index contributed by atoms with van der Waals surface area (Å²) in [5.41, 5.74) is 6.88. The molecule has 1 aliphatic carbocycles. The van der Waals surface area contributed by atoms with E-state index in [2.05, 4.69) is 11.7 Å². The Hall–Kier alpha value is -1.23. The lowest BCUT2D eigenvalue weighted by Gasteiger charge is -2.34. The van der Waals surface area contributed by atoms with Crippen LogP contribution in [0.5, 0.6) is 5.75 Å². The lowest BCUT2D eigenvalue weighted by Crippen LogP contribution is -2.31. The van der Waals surface area contributed by atoms with Gasteiger partial charge in [0, 0.05) is 0 Å². The van der Waals surface area contributed by atoms with Crippen LogP contribution in [0.2, 0.25) is 0 Å². The highest BCUT2D eigenvalue weighted by atomic mass is 19.4. The SMILES string of the molecule is CC1CCC(CN)C(Cc2ccc(OC(F)(F)F)cc2)C1. The highest BCUT2D eigenvalue weighted by Crippen LogP contribution is 2.35. The van der Waals surface area contributed by atoms with E-state index in [0.717, 1.165) is 24.8 Å². The number of halogens is 3. The first-order valence-electron chi connectivity index (χ1n) is 7.42. The first-order chi connectivity index (χ1) is 9.87. The molecule has 21 heavy (non-hydrogen) atoms. The van der Waals surface area contributed by atoms with Crippen LogP contribution < -0.4 is 10.5 Å². The largest absolute Gasteiger partial charge is 0.573 e. The van der Waals surface area contributed by atoms with Gasteiger partial charge in [-0.2, -0.15) is 0 Å². The fourth-order valence-corrected chi connectivity index (χ4v) is 3.25. The van der Waals surface area contributed by atoms with E-state index in [1.54, 1.807) is 12.1 Å². The van der Waals surface area contributed by atoms with Crippen molar-refractivity contribution in [2.75, 3.05) is 6.54 Å². The zero-order valence-corrected chi connectivity index (χ0v) is 12.2. The van der Waals surface area contributed by atoms with Gasteiger partial charge >= 0.3 is 6.36 Å². The molecule has 0 aliphatic heterocycles. The number of benzene rings is 1. The van der Waals surface area contributed by atoms with Crippen LogP contribution in [0.25, 0.3) is 0 Å². The molecule has 0 aromatic heterocycles. The number of nitrogens with two attached hydrogens (primary N) is 1. The summed E-state index contributed by atoms with van der Waals surface area (Å²) in [5, 5.41) is 0. The summed E-state index contributed by atoms with van der Waals surface area (Å²) in [4.78, 5) is 0. The Balaban J connectivity index is 1.98. The number of hydrogen-bond acceptors (Lipinski definition) is 2. The smallest absolute Gasteiger partial charge is 0.406 e. The molecular formula is C16H22F3NO. The van der Waals surface area contributed by atoms with Gasteiger partial charge in [0.25, 0.3) is 0 Å². The van der Waals surface area contributed by atoms with E-state index < -0.39 is 6.36 Å². The van der Waals surface area contributed by atoms with Crippen molar-refractivity contribution in [2.24, 2.45) is 23.5 Å². The van der Waals surface area contributed by atoms with Crippen LogP contribution in [0.3, 0.4) is 0 Å².